The van der Waals surface area contributed by atoms with Crippen molar-refractivity contribution in [3.63, 3.8) is 0 Å². The van der Waals surface area contributed by atoms with Crippen LogP contribution in [0.5, 0.6) is 0 Å². The van der Waals surface area contributed by atoms with Gasteiger partial charge >= 0.3 is 0 Å². The highest BCUT2D eigenvalue weighted by Gasteiger charge is 2.51. The number of imide groups is 1. The number of carbonyl (C=O) groups excluding carboxylic acids is 2. The molecule has 5 heteroatoms. The summed E-state index contributed by atoms with van der Waals surface area (Å²) < 4.78 is 6.54. The third-order valence-corrected chi connectivity index (χ3v) is 6.25. The van der Waals surface area contributed by atoms with Crippen molar-refractivity contribution in [3.8, 4) is 0 Å². The molecular weight excluding hydrogens is 374 g/mol. The predicted molar refractivity (Wildman–Crippen MR) is 108 cm³/mol. The number of fused-ring (bicyclic) bond motifs is 3. The molecular formula is C23H20ClNO3. The Bertz CT molecular complexity index is 992. The highest BCUT2D eigenvalue weighted by molar-refractivity contribution is 6.32. The number of para-hydroxylation sites is 1. The fourth-order valence-electron chi connectivity index (χ4n) is 4.68. The van der Waals surface area contributed by atoms with Gasteiger partial charge in [-0.2, -0.15) is 0 Å². The van der Waals surface area contributed by atoms with Gasteiger partial charge < -0.3 is 4.74 Å². The van der Waals surface area contributed by atoms with E-state index in [9.17, 15) is 9.59 Å². The summed E-state index contributed by atoms with van der Waals surface area (Å²) >= 11 is 6.30. The van der Waals surface area contributed by atoms with Crippen LogP contribution in [-0.4, -0.2) is 17.9 Å². The largest absolute Gasteiger partial charge is 0.352 e. The number of nitrogens with zero attached hydrogens (tertiary/aromatic N) is 1. The Morgan fingerprint density at radius 3 is 2.50 bits per heavy atom. The molecule has 1 saturated heterocycles. The topological polar surface area (TPSA) is 46.6 Å². The van der Waals surface area contributed by atoms with E-state index in [4.69, 9.17) is 16.3 Å². The Balaban J connectivity index is 1.66. The Labute approximate surface area is 168 Å². The maximum atomic E-state index is 13.3. The maximum absolute atomic E-state index is 13.3. The first-order valence-corrected chi connectivity index (χ1v) is 10.1. The SMILES string of the molecule is O=C1C2=Cc3ccc(Cl)cc3C3(CCCCC3)OC2C(=O)N1c1ccccc1. The first-order chi connectivity index (χ1) is 13.6. The summed E-state index contributed by atoms with van der Waals surface area (Å²) in [6, 6.07) is 14.7. The summed E-state index contributed by atoms with van der Waals surface area (Å²) in [5.41, 5.74) is 2.31. The zero-order valence-corrected chi connectivity index (χ0v) is 16.1. The lowest BCUT2D eigenvalue weighted by molar-refractivity contribution is -0.143. The summed E-state index contributed by atoms with van der Waals surface area (Å²) in [5, 5.41) is 0.640. The van der Waals surface area contributed by atoms with Gasteiger partial charge in [0.25, 0.3) is 11.8 Å². The van der Waals surface area contributed by atoms with E-state index >= 15 is 0 Å². The van der Waals surface area contributed by atoms with Crippen molar-refractivity contribution in [2.45, 2.75) is 43.8 Å². The fourth-order valence-corrected chi connectivity index (χ4v) is 4.85. The number of hydrogen-bond acceptors (Lipinski definition) is 3. The molecule has 28 heavy (non-hydrogen) atoms. The Kier molecular flexibility index (Phi) is 4.14. The highest BCUT2D eigenvalue weighted by atomic mass is 35.5. The van der Waals surface area contributed by atoms with Gasteiger partial charge in [0.2, 0.25) is 0 Å². The smallest absolute Gasteiger partial charge is 0.268 e. The molecule has 0 N–H and O–H groups in total. The number of ether oxygens (including phenoxy) is 1. The average Bonchev–Trinajstić information content (AvgIpc) is 2.85. The second-order valence-corrected chi connectivity index (χ2v) is 8.13. The molecule has 1 spiro atoms. The second-order valence-electron chi connectivity index (χ2n) is 7.70. The molecule has 2 aromatic carbocycles. The van der Waals surface area contributed by atoms with Crippen molar-refractivity contribution in [1.29, 1.82) is 0 Å². The van der Waals surface area contributed by atoms with Crippen molar-refractivity contribution in [1.82, 2.24) is 0 Å². The minimum absolute atomic E-state index is 0.310. The van der Waals surface area contributed by atoms with Gasteiger partial charge in [-0.15, -0.1) is 0 Å². The van der Waals surface area contributed by atoms with Gasteiger partial charge in [-0.3, -0.25) is 9.59 Å². The van der Waals surface area contributed by atoms with E-state index in [1.54, 1.807) is 12.1 Å². The molecule has 1 aliphatic carbocycles. The van der Waals surface area contributed by atoms with E-state index in [2.05, 4.69) is 0 Å². The van der Waals surface area contributed by atoms with Crippen molar-refractivity contribution in [3.05, 3.63) is 70.3 Å². The monoisotopic (exact) mass is 393 g/mol. The Morgan fingerprint density at radius 2 is 1.75 bits per heavy atom. The van der Waals surface area contributed by atoms with Crippen LogP contribution in [0.4, 0.5) is 5.69 Å². The number of carbonyl (C=O) groups is 2. The number of rotatable bonds is 1. The van der Waals surface area contributed by atoms with Crippen LogP contribution in [0.2, 0.25) is 5.02 Å². The van der Waals surface area contributed by atoms with Gasteiger partial charge in [0.15, 0.2) is 6.10 Å². The summed E-state index contributed by atoms with van der Waals surface area (Å²) in [4.78, 5) is 27.7. The van der Waals surface area contributed by atoms with Crippen LogP contribution in [-0.2, 0) is 19.9 Å². The van der Waals surface area contributed by atoms with E-state index in [0.29, 0.717) is 16.3 Å². The molecule has 0 radical (unpaired) electrons. The Hall–Kier alpha value is -2.43. The molecule has 2 heterocycles. The molecule has 2 aliphatic heterocycles. The number of hydrogen-bond donors (Lipinski definition) is 0. The lowest BCUT2D eigenvalue weighted by Gasteiger charge is -2.39. The molecule has 0 aromatic heterocycles. The highest BCUT2D eigenvalue weighted by Crippen LogP contribution is 2.48. The molecule has 1 saturated carbocycles. The van der Waals surface area contributed by atoms with E-state index in [-0.39, 0.29) is 11.8 Å². The third-order valence-electron chi connectivity index (χ3n) is 6.01. The second kappa shape index (κ2) is 6.57. The van der Waals surface area contributed by atoms with Crippen LogP contribution >= 0.6 is 11.6 Å². The van der Waals surface area contributed by atoms with Crippen LogP contribution in [0.15, 0.2) is 54.1 Å². The number of halogens is 1. The number of anilines is 1. The van der Waals surface area contributed by atoms with Crippen molar-refractivity contribution in [2.75, 3.05) is 4.90 Å². The average molecular weight is 394 g/mol. The van der Waals surface area contributed by atoms with Crippen molar-refractivity contribution >= 4 is 35.2 Å². The lowest BCUT2D eigenvalue weighted by Crippen LogP contribution is -2.40. The first kappa shape index (κ1) is 17.7. The molecule has 2 fully saturated rings. The van der Waals surface area contributed by atoms with E-state index in [1.165, 1.54) is 4.90 Å². The number of benzene rings is 2. The standard InChI is InChI=1S/C23H20ClNO3/c24-16-10-9-15-13-18-20(28-23(19(15)14-16)11-5-2-6-12-23)22(27)25(21(18)26)17-7-3-1-4-8-17/h1,3-4,7-10,13-14,20H,2,5-6,11-12H2. The minimum Gasteiger partial charge on any atom is -0.352 e. The molecule has 2 aromatic rings. The molecule has 2 amide bonds. The normalized spacial score (nSPS) is 23.2. The summed E-state index contributed by atoms with van der Waals surface area (Å²) in [6.45, 7) is 0. The molecule has 3 aliphatic rings. The minimum atomic E-state index is -0.878. The van der Waals surface area contributed by atoms with E-state index in [0.717, 1.165) is 43.2 Å². The van der Waals surface area contributed by atoms with Crippen LogP contribution in [0.3, 0.4) is 0 Å². The van der Waals surface area contributed by atoms with Crippen LogP contribution in [0, 0.1) is 0 Å². The first-order valence-electron chi connectivity index (χ1n) is 9.72. The van der Waals surface area contributed by atoms with Gasteiger partial charge in [0.1, 0.15) is 0 Å². The Morgan fingerprint density at radius 1 is 1.00 bits per heavy atom. The van der Waals surface area contributed by atoms with Gasteiger partial charge in [-0.1, -0.05) is 55.1 Å². The molecule has 0 bridgehead atoms. The number of amides is 2. The third kappa shape index (κ3) is 2.63. The van der Waals surface area contributed by atoms with Crippen molar-refractivity contribution < 1.29 is 14.3 Å². The van der Waals surface area contributed by atoms with E-state index < -0.39 is 11.7 Å². The summed E-state index contributed by atoms with van der Waals surface area (Å²) in [7, 11) is 0. The fraction of sp³-hybridized carbons (Fsp3) is 0.304. The van der Waals surface area contributed by atoms with Crippen LogP contribution in [0.1, 0.15) is 43.2 Å². The molecule has 5 rings (SSSR count). The zero-order valence-electron chi connectivity index (χ0n) is 15.4. The van der Waals surface area contributed by atoms with Gasteiger partial charge in [-0.25, -0.2) is 4.90 Å². The molecule has 142 valence electrons. The zero-order chi connectivity index (χ0) is 19.3. The summed E-state index contributed by atoms with van der Waals surface area (Å²) in [5.74, 6) is -0.624. The van der Waals surface area contributed by atoms with Gasteiger partial charge in [0.05, 0.1) is 16.9 Å². The van der Waals surface area contributed by atoms with Gasteiger partial charge in [0, 0.05) is 5.02 Å². The molecule has 4 nitrogen and oxygen atoms in total. The van der Waals surface area contributed by atoms with Crippen LogP contribution < -0.4 is 4.90 Å². The van der Waals surface area contributed by atoms with Crippen LogP contribution in [0.25, 0.3) is 6.08 Å². The molecule has 1 atom stereocenters. The summed E-state index contributed by atoms with van der Waals surface area (Å²) in [6.07, 6.45) is 5.79. The van der Waals surface area contributed by atoms with E-state index in [1.807, 2.05) is 42.5 Å². The maximum Gasteiger partial charge on any atom is 0.268 e. The predicted octanol–water partition coefficient (Wildman–Crippen LogP) is 4.86. The van der Waals surface area contributed by atoms with Gasteiger partial charge in [-0.05, 0) is 54.3 Å². The quantitative estimate of drug-likeness (QED) is 0.650. The lowest BCUT2D eigenvalue weighted by atomic mass is 9.77. The van der Waals surface area contributed by atoms with Crippen molar-refractivity contribution in [2.24, 2.45) is 0 Å². The molecule has 1 unspecified atom stereocenters.